The molecule has 2 N–H and O–H groups in total. The van der Waals surface area contributed by atoms with Crippen molar-refractivity contribution in [2.24, 2.45) is 0 Å². The maximum Gasteiger partial charge on any atom is 0.131 e. The molecule has 4 rings (SSSR count). The Morgan fingerprint density at radius 1 is 1.17 bits per heavy atom. The average Bonchev–Trinajstić information content (AvgIpc) is 3.41. The Bertz CT molecular complexity index is 903. The zero-order valence-electron chi connectivity index (χ0n) is 17.1. The van der Waals surface area contributed by atoms with Crippen molar-refractivity contribution in [3.05, 3.63) is 65.3 Å². The largest absolute Gasteiger partial charge is 0.386 e. The van der Waals surface area contributed by atoms with Crippen LogP contribution in [0.25, 0.3) is 11.1 Å². The molecule has 0 amide bonds. The summed E-state index contributed by atoms with van der Waals surface area (Å²) in [6.45, 7) is 3.99. The molecule has 0 spiro atoms. The van der Waals surface area contributed by atoms with Gasteiger partial charge in [0.15, 0.2) is 0 Å². The molecule has 5 heteroatoms. The lowest BCUT2D eigenvalue weighted by Gasteiger charge is -2.19. The van der Waals surface area contributed by atoms with Crippen molar-refractivity contribution in [1.29, 1.82) is 0 Å². The molecule has 3 nitrogen and oxygen atoms in total. The summed E-state index contributed by atoms with van der Waals surface area (Å²) < 4.78 is 29.9. The number of hydrogen-bond acceptors (Lipinski definition) is 3. The molecule has 1 aliphatic carbocycles. The molecule has 154 valence electrons. The molecule has 0 radical (unpaired) electrons. The first-order chi connectivity index (χ1) is 14.0. The lowest BCUT2D eigenvalue weighted by Crippen LogP contribution is -2.20. The zero-order chi connectivity index (χ0) is 20.4. The van der Waals surface area contributed by atoms with Crippen LogP contribution in [-0.2, 0) is 0 Å². The van der Waals surface area contributed by atoms with Gasteiger partial charge in [-0.25, -0.2) is 8.78 Å². The molecule has 1 unspecified atom stereocenters. The second-order valence-corrected chi connectivity index (χ2v) is 8.32. The second-order valence-electron chi connectivity index (χ2n) is 8.32. The van der Waals surface area contributed by atoms with E-state index in [-0.39, 0.29) is 11.9 Å². The van der Waals surface area contributed by atoms with Gasteiger partial charge in [0.05, 0.1) is 6.04 Å². The van der Waals surface area contributed by atoms with E-state index in [1.807, 2.05) is 19.2 Å². The molecule has 2 heterocycles. The Labute approximate surface area is 171 Å². The summed E-state index contributed by atoms with van der Waals surface area (Å²) in [4.78, 5) is 4.48. The highest BCUT2D eigenvalue weighted by atomic mass is 19.1. The maximum atomic E-state index is 15.0. The van der Waals surface area contributed by atoms with E-state index < -0.39 is 5.82 Å². The van der Waals surface area contributed by atoms with Crippen molar-refractivity contribution in [1.82, 2.24) is 15.6 Å². The maximum absolute atomic E-state index is 15.0. The molecule has 1 aromatic heterocycles. The minimum absolute atomic E-state index is 0.299. The summed E-state index contributed by atoms with van der Waals surface area (Å²) in [5.41, 5.74) is 3.36. The van der Waals surface area contributed by atoms with Crippen LogP contribution in [0.2, 0.25) is 0 Å². The van der Waals surface area contributed by atoms with Crippen LogP contribution in [0, 0.1) is 11.6 Å². The van der Waals surface area contributed by atoms with Crippen LogP contribution in [0.5, 0.6) is 0 Å². The van der Waals surface area contributed by atoms with Gasteiger partial charge in [0.2, 0.25) is 0 Å². The highest BCUT2D eigenvalue weighted by molar-refractivity contribution is 5.65. The van der Waals surface area contributed by atoms with E-state index in [9.17, 15) is 8.78 Å². The number of pyridine rings is 1. The molecular formula is C24H29F2N3. The van der Waals surface area contributed by atoms with Crippen LogP contribution in [-0.4, -0.2) is 11.0 Å². The normalized spacial score (nSPS) is 20.4. The van der Waals surface area contributed by atoms with Gasteiger partial charge >= 0.3 is 0 Å². The van der Waals surface area contributed by atoms with Crippen molar-refractivity contribution in [3.8, 4) is 11.1 Å². The summed E-state index contributed by atoms with van der Waals surface area (Å²) in [6.07, 6.45) is 10.2. The first kappa shape index (κ1) is 19.9. The fourth-order valence-electron chi connectivity index (χ4n) is 4.50. The highest BCUT2D eigenvalue weighted by Gasteiger charge is 2.22. The van der Waals surface area contributed by atoms with Crippen molar-refractivity contribution in [3.63, 3.8) is 0 Å². The highest BCUT2D eigenvalue weighted by Crippen LogP contribution is 2.35. The lowest BCUT2D eigenvalue weighted by atomic mass is 9.96. The van der Waals surface area contributed by atoms with E-state index in [0.717, 1.165) is 37.1 Å². The Kier molecular flexibility index (Phi) is 5.84. The molecule has 2 aliphatic rings. The fourth-order valence-corrected chi connectivity index (χ4v) is 4.50. The molecule has 1 fully saturated rings. The van der Waals surface area contributed by atoms with Gasteiger partial charge in [-0.1, -0.05) is 19.8 Å². The van der Waals surface area contributed by atoms with Crippen LogP contribution in [0.15, 0.2) is 42.4 Å². The third-order valence-electron chi connectivity index (χ3n) is 6.27. The summed E-state index contributed by atoms with van der Waals surface area (Å²) in [5, 5.41) is 6.61. The Morgan fingerprint density at radius 2 is 1.97 bits per heavy atom. The van der Waals surface area contributed by atoms with Gasteiger partial charge in [0.25, 0.3) is 0 Å². The van der Waals surface area contributed by atoms with Gasteiger partial charge < -0.3 is 10.6 Å². The quantitative estimate of drug-likeness (QED) is 0.633. The Morgan fingerprint density at radius 3 is 2.69 bits per heavy atom. The predicted octanol–water partition coefficient (Wildman–Crippen LogP) is 5.95. The van der Waals surface area contributed by atoms with E-state index in [2.05, 4.69) is 22.5 Å². The molecule has 0 saturated heterocycles. The summed E-state index contributed by atoms with van der Waals surface area (Å²) >= 11 is 0. The molecule has 2 aromatic rings. The molecule has 1 aromatic carbocycles. The molecule has 2 atom stereocenters. The van der Waals surface area contributed by atoms with Crippen molar-refractivity contribution in [2.75, 3.05) is 0 Å². The smallest absolute Gasteiger partial charge is 0.131 e. The van der Waals surface area contributed by atoms with Crippen LogP contribution in [0.4, 0.5) is 8.78 Å². The van der Waals surface area contributed by atoms with E-state index in [1.165, 1.54) is 25.0 Å². The van der Waals surface area contributed by atoms with Gasteiger partial charge in [-0.15, -0.1) is 0 Å². The first-order valence-corrected chi connectivity index (χ1v) is 10.7. The fraction of sp³-hybridized carbons (Fsp3) is 0.458. The summed E-state index contributed by atoms with van der Waals surface area (Å²) in [5.74, 6) is -0.352. The van der Waals surface area contributed by atoms with E-state index in [1.54, 1.807) is 12.3 Å². The number of nitrogens with one attached hydrogen (secondary N) is 2. The van der Waals surface area contributed by atoms with Gasteiger partial charge in [-0.05, 0) is 56.0 Å². The zero-order valence-corrected chi connectivity index (χ0v) is 17.1. The molecule has 1 aliphatic heterocycles. The Balaban J connectivity index is 1.55. The standard InChI is InChI=1S/C24H29F2N3/c1-3-18-11-19(14-28-18)29-15(2)20-12-23(26)21(13-22(20)25)17-8-9-27-24(10-17)16-6-4-5-7-16/h8-10,12-16,18,28-29H,3-7,11H2,1-2H3/t15?,18-/m0/s1. The third kappa shape index (κ3) is 4.29. The number of nitrogens with zero attached hydrogens (tertiary/aromatic N) is 1. The van der Waals surface area contributed by atoms with Crippen molar-refractivity contribution < 1.29 is 8.78 Å². The second kappa shape index (κ2) is 8.52. The van der Waals surface area contributed by atoms with Gasteiger partial charge in [-0.2, -0.15) is 0 Å². The van der Waals surface area contributed by atoms with Crippen LogP contribution in [0.3, 0.4) is 0 Å². The van der Waals surface area contributed by atoms with E-state index in [4.69, 9.17) is 0 Å². The van der Waals surface area contributed by atoms with E-state index >= 15 is 0 Å². The number of benzene rings is 1. The summed E-state index contributed by atoms with van der Waals surface area (Å²) in [6, 6.07) is 6.44. The molecule has 0 bridgehead atoms. The van der Waals surface area contributed by atoms with Gasteiger partial charge in [0.1, 0.15) is 11.6 Å². The van der Waals surface area contributed by atoms with Gasteiger partial charge in [-0.3, -0.25) is 4.98 Å². The first-order valence-electron chi connectivity index (χ1n) is 10.7. The topological polar surface area (TPSA) is 37.0 Å². The number of halogens is 2. The molecule has 29 heavy (non-hydrogen) atoms. The SMILES string of the molecule is CC[C@H]1CC(NC(C)c2cc(F)c(-c3ccnc(C4CCCC4)c3)cc2F)=CN1. The lowest BCUT2D eigenvalue weighted by molar-refractivity contribution is 0.535. The minimum Gasteiger partial charge on any atom is -0.386 e. The summed E-state index contributed by atoms with van der Waals surface area (Å²) in [7, 11) is 0. The minimum atomic E-state index is -0.399. The van der Waals surface area contributed by atoms with Gasteiger partial charge in [0, 0.05) is 53.3 Å². The monoisotopic (exact) mass is 397 g/mol. The third-order valence-corrected chi connectivity index (χ3v) is 6.27. The van der Waals surface area contributed by atoms with Crippen molar-refractivity contribution in [2.45, 2.75) is 70.4 Å². The molecular weight excluding hydrogens is 368 g/mol. The van der Waals surface area contributed by atoms with Crippen molar-refractivity contribution >= 4 is 0 Å². The van der Waals surface area contributed by atoms with Crippen LogP contribution in [0.1, 0.15) is 75.6 Å². The van der Waals surface area contributed by atoms with Crippen LogP contribution >= 0.6 is 0 Å². The number of rotatable bonds is 6. The predicted molar refractivity (Wildman–Crippen MR) is 112 cm³/mol. The average molecular weight is 398 g/mol. The number of aromatic nitrogens is 1. The van der Waals surface area contributed by atoms with E-state index in [0.29, 0.717) is 28.7 Å². The number of hydrogen-bond donors (Lipinski definition) is 2. The molecule has 1 saturated carbocycles. The Hall–Kier alpha value is -2.43. The van der Waals surface area contributed by atoms with Crippen LogP contribution < -0.4 is 10.6 Å².